The molecule has 0 spiro atoms. The Kier molecular flexibility index (Phi) is 3.30. The molecule has 0 saturated carbocycles. The summed E-state index contributed by atoms with van der Waals surface area (Å²) in [4.78, 5) is 0. The molecule has 1 aromatic rings. The molecule has 0 amide bonds. The van der Waals surface area contributed by atoms with Crippen LogP contribution in [0.2, 0.25) is 0 Å². The van der Waals surface area contributed by atoms with Crippen molar-refractivity contribution >= 4 is 0 Å². The summed E-state index contributed by atoms with van der Waals surface area (Å²) in [5.41, 5.74) is 8.70. The predicted octanol–water partition coefficient (Wildman–Crippen LogP) is 2.85. The van der Waals surface area contributed by atoms with Gasteiger partial charge in [-0.15, -0.1) is 0 Å². The third-order valence-electron chi connectivity index (χ3n) is 3.28. The average Bonchev–Trinajstić information content (AvgIpc) is 2.72. The van der Waals surface area contributed by atoms with Crippen LogP contribution in [0.5, 0.6) is 5.75 Å². The fourth-order valence-electron chi connectivity index (χ4n) is 2.16. The van der Waals surface area contributed by atoms with E-state index in [1.54, 1.807) is 0 Å². The normalized spacial score (nSPS) is 20.0. The number of benzene rings is 1. The van der Waals surface area contributed by atoms with Crippen LogP contribution in [0.25, 0.3) is 0 Å². The maximum Gasteiger partial charge on any atom is 0.122 e. The van der Waals surface area contributed by atoms with E-state index in [4.69, 9.17) is 10.5 Å². The molecule has 1 aliphatic rings. The van der Waals surface area contributed by atoms with Gasteiger partial charge in [-0.2, -0.15) is 0 Å². The first kappa shape index (κ1) is 11.2. The molecule has 0 aromatic heterocycles. The van der Waals surface area contributed by atoms with Crippen LogP contribution < -0.4 is 10.5 Å². The standard InChI is InChI=1S/C14H19NO/c1-3-10(2)8-13(15)12-9-16-14-7-5-4-6-11(12)14/h4-7,12-13H,2-3,8-9,15H2,1H3. The van der Waals surface area contributed by atoms with Gasteiger partial charge in [-0.1, -0.05) is 37.3 Å². The second-order valence-corrected chi connectivity index (χ2v) is 4.43. The number of ether oxygens (including phenoxy) is 1. The molecular formula is C14H19NO. The van der Waals surface area contributed by atoms with Gasteiger partial charge in [0.2, 0.25) is 0 Å². The fraction of sp³-hybridized carbons (Fsp3) is 0.429. The summed E-state index contributed by atoms with van der Waals surface area (Å²) in [7, 11) is 0. The van der Waals surface area contributed by atoms with Crippen LogP contribution in [-0.2, 0) is 0 Å². The largest absolute Gasteiger partial charge is 0.493 e. The van der Waals surface area contributed by atoms with Crippen LogP contribution >= 0.6 is 0 Å². The van der Waals surface area contributed by atoms with Gasteiger partial charge in [-0.3, -0.25) is 0 Å². The lowest BCUT2D eigenvalue weighted by Crippen LogP contribution is -2.29. The van der Waals surface area contributed by atoms with E-state index in [1.165, 1.54) is 11.1 Å². The number of hydrogen-bond acceptors (Lipinski definition) is 2. The first-order valence-electron chi connectivity index (χ1n) is 5.86. The van der Waals surface area contributed by atoms with E-state index in [-0.39, 0.29) is 6.04 Å². The summed E-state index contributed by atoms with van der Waals surface area (Å²) in [6, 6.07) is 8.29. The van der Waals surface area contributed by atoms with E-state index in [2.05, 4.69) is 19.6 Å². The van der Waals surface area contributed by atoms with Gasteiger partial charge in [-0.05, 0) is 18.9 Å². The van der Waals surface area contributed by atoms with E-state index >= 15 is 0 Å². The van der Waals surface area contributed by atoms with Crippen LogP contribution in [0.4, 0.5) is 0 Å². The summed E-state index contributed by atoms with van der Waals surface area (Å²) in [5, 5.41) is 0. The third kappa shape index (κ3) is 2.12. The molecular weight excluding hydrogens is 198 g/mol. The molecule has 1 aromatic carbocycles. The van der Waals surface area contributed by atoms with Crippen molar-refractivity contribution in [2.75, 3.05) is 6.61 Å². The van der Waals surface area contributed by atoms with Gasteiger partial charge >= 0.3 is 0 Å². The quantitative estimate of drug-likeness (QED) is 0.787. The fourth-order valence-corrected chi connectivity index (χ4v) is 2.16. The molecule has 0 fully saturated rings. The van der Waals surface area contributed by atoms with Crippen molar-refractivity contribution in [3.8, 4) is 5.75 Å². The van der Waals surface area contributed by atoms with Crippen molar-refractivity contribution in [2.24, 2.45) is 5.73 Å². The highest BCUT2D eigenvalue weighted by molar-refractivity contribution is 5.40. The molecule has 2 heteroatoms. The predicted molar refractivity (Wildman–Crippen MR) is 66.7 cm³/mol. The van der Waals surface area contributed by atoms with Crippen molar-refractivity contribution in [3.05, 3.63) is 42.0 Å². The van der Waals surface area contributed by atoms with Crippen LogP contribution in [0, 0.1) is 0 Å². The van der Waals surface area contributed by atoms with Gasteiger partial charge in [0.05, 0.1) is 6.61 Å². The van der Waals surface area contributed by atoms with Crippen LogP contribution in [0.1, 0.15) is 31.2 Å². The summed E-state index contributed by atoms with van der Waals surface area (Å²) < 4.78 is 5.64. The minimum atomic E-state index is 0.121. The number of fused-ring (bicyclic) bond motifs is 1. The summed E-state index contributed by atoms with van der Waals surface area (Å²) in [6.07, 6.45) is 1.89. The van der Waals surface area contributed by atoms with Crippen molar-refractivity contribution in [3.63, 3.8) is 0 Å². The molecule has 0 saturated heterocycles. The molecule has 0 aliphatic carbocycles. The Morgan fingerprint density at radius 3 is 3.06 bits per heavy atom. The lowest BCUT2D eigenvalue weighted by atomic mass is 9.89. The summed E-state index contributed by atoms with van der Waals surface area (Å²) in [6.45, 7) is 6.84. The van der Waals surface area contributed by atoms with Crippen LogP contribution in [0.15, 0.2) is 36.4 Å². The first-order valence-corrected chi connectivity index (χ1v) is 5.86. The smallest absolute Gasteiger partial charge is 0.122 e. The molecule has 1 heterocycles. The topological polar surface area (TPSA) is 35.2 Å². The Morgan fingerprint density at radius 2 is 2.31 bits per heavy atom. The van der Waals surface area contributed by atoms with Gasteiger partial charge in [-0.25, -0.2) is 0 Å². The highest BCUT2D eigenvalue weighted by atomic mass is 16.5. The van der Waals surface area contributed by atoms with E-state index in [0.717, 1.165) is 18.6 Å². The minimum absolute atomic E-state index is 0.121. The molecule has 86 valence electrons. The first-order chi connectivity index (χ1) is 7.72. The van der Waals surface area contributed by atoms with Crippen molar-refractivity contribution in [1.29, 1.82) is 0 Å². The number of para-hydroxylation sites is 1. The molecule has 1 aliphatic heterocycles. The molecule has 2 atom stereocenters. The second-order valence-electron chi connectivity index (χ2n) is 4.43. The van der Waals surface area contributed by atoms with Crippen molar-refractivity contribution in [1.82, 2.24) is 0 Å². The van der Waals surface area contributed by atoms with E-state index in [1.807, 2.05) is 18.2 Å². The molecule has 2 rings (SSSR count). The van der Waals surface area contributed by atoms with Gasteiger partial charge in [0.1, 0.15) is 5.75 Å². The molecule has 2 N–H and O–H groups in total. The maximum atomic E-state index is 6.23. The molecule has 16 heavy (non-hydrogen) atoms. The zero-order valence-electron chi connectivity index (χ0n) is 9.78. The van der Waals surface area contributed by atoms with Crippen molar-refractivity contribution in [2.45, 2.75) is 31.7 Å². The molecule has 2 unspecified atom stereocenters. The molecule has 0 bridgehead atoms. The van der Waals surface area contributed by atoms with Crippen molar-refractivity contribution < 1.29 is 4.74 Å². The van der Waals surface area contributed by atoms with Gasteiger partial charge in [0.25, 0.3) is 0 Å². The van der Waals surface area contributed by atoms with E-state index in [9.17, 15) is 0 Å². The lowest BCUT2D eigenvalue weighted by Gasteiger charge is -2.18. The lowest BCUT2D eigenvalue weighted by molar-refractivity contribution is 0.313. The summed E-state index contributed by atoms with van der Waals surface area (Å²) in [5.74, 6) is 1.31. The van der Waals surface area contributed by atoms with Crippen LogP contribution in [0.3, 0.4) is 0 Å². The second kappa shape index (κ2) is 4.71. The average molecular weight is 217 g/mol. The minimum Gasteiger partial charge on any atom is -0.493 e. The monoisotopic (exact) mass is 217 g/mol. The number of hydrogen-bond donors (Lipinski definition) is 1. The maximum absolute atomic E-state index is 6.23. The molecule has 0 radical (unpaired) electrons. The van der Waals surface area contributed by atoms with Crippen LogP contribution in [-0.4, -0.2) is 12.6 Å². The Labute approximate surface area is 97.1 Å². The van der Waals surface area contributed by atoms with Gasteiger partial charge in [0.15, 0.2) is 0 Å². The van der Waals surface area contributed by atoms with E-state index < -0.39 is 0 Å². The van der Waals surface area contributed by atoms with E-state index in [0.29, 0.717) is 12.5 Å². The SMILES string of the molecule is C=C(CC)CC(N)C1COc2ccccc21. The molecule has 2 nitrogen and oxygen atoms in total. The van der Waals surface area contributed by atoms with Gasteiger partial charge < -0.3 is 10.5 Å². The third-order valence-corrected chi connectivity index (χ3v) is 3.28. The number of nitrogens with two attached hydrogens (primary N) is 1. The summed E-state index contributed by atoms with van der Waals surface area (Å²) >= 11 is 0. The Bertz CT molecular complexity index is 386. The zero-order chi connectivity index (χ0) is 11.5. The highest BCUT2D eigenvalue weighted by Crippen LogP contribution is 2.36. The Morgan fingerprint density at radius 1 is 1.56 bits per heavy atom. The number of rotatable bonds is 4. The highest BCUT2D eigenvalue weighted by Gasteiger charge is 2.28. The Balaban J connectivity index is 2.10. The Hall–Kier alpha value is -1.28. The van der Waals surface area contributed by atoms with Gasteiger partial charge in [0, 0.05) is 17.5 Å². The zero-order valence-corrected chi connectivity index (χ0v) is 9.78.